The minimum absolute atomic E-state index is 0.0212. The highest BCUT2D eigenvalue weighted by Crippen LogP contribution is 2.39. The number of halogens is 1. The lowest BCUT2D eigenvalue weighted by Gasteiger charge is -2.42. The van der Waals surface area contributed by atoms with E-state index >= 15 is 0 Å². The number of benzene rings is 3. The molecule has 2 aliphatic heterocycles. The van der Waals surface area contributed by atoms with E-state index in [0.717, 1.165) is 40.9 Å². The van der Waals surface area contributed by atoms with Crippen LogP contribution in [-0.2, 0) is 37.8 Å². The number of carbonyl (C=O) groups is 2. The molecule has 2 heterocycles. The van der Waals surface area contributed by atoms with E-state index in [4.69, 9.17) is 26.2 Å². The summed E-state index contributed by atoms with van der Waals surface area (Å²) in [7, 11) is 0. The Balaban J connectivity index is 1.22. The first kappa shape index (κ1) is 33.1. The number of hydrogen-bond acceptors (Lipinski definition) is 7. The van der Waals surface area contributed by atoms with E-state index in [2.05, 4.69) is 10.2 Å². The van der Waals surface area contributed by atoms with Crippen molar-refractivity contribution in [1.29, 1.82) is 0 Å². The second-order valence-corrected chi connectivity index (χ2v) is 12.4. The summed E-state index contributed by atoms with van der Waals surface area (Å²) in [6.45, 7) is 2.49. The summed E-state index contributed by atoms with van der Waals surface area (Å²) in [5.74, 6) is -1.09. The molecule has 3 aromatic rings. The molecule has 3 aromatic carbocycles. The number of nitrogens with zero attached hydrogens (tertiary/aromatic N) is 1. The van der Waals surface area contributed by atoms with Crippen LogP contribution >= 0.6 is 11.6 Å². The van der Waals surface area contributed by atoms with Crippen LogP contribution in [0.25, 0.3) is 0 Å². The molecule has 5 rings (SSSR count). The Morgan fingerprint density at radius 1 is 0.889 bits per heavy atom. The zero-order valence-corrected chi connectivity index (χ0v) is 26.0. The third-order valence-electron chi connectivity index (χ3n) is 8.68. The topological polar surface area (TPSA) is 129 Å². The number of rotatable bonds is 12. The van der Waals surface area contributed by atoms with Crippen LogP contribution in [0.1, 0.15) is 78.7 Å². The fourth-order valence-electron chi connectivity index (χ4n) is 5.96. The second-order valence-electron chi connectivity index (χ2n) is 12.0. The maximum atomic E-state index is 12.1. The molecule has 0 radical (unpaired) electrons. The standard InChI is InChI=1S/C35H41ClN2O7/c36-29-14-12-28(13-15-29)35(43)16-18-38(19-17-35)22-30-20-31(26-8-6-25(23-39)7-9-26)45-34(44-30)27-10-4-24(5-11-27)21-37-32(40)2-1-3-33(41)42/h4-15,30-31,34,39,43H,1-3,16-23H2,(H,37,40)(H,41,42)/t30-,31+,34+/m1/s1. The maximum absolute atomic E-state index is 12.1. The summed E-state index contributed by atoms with van der Waals surface area (Å²) < 4.78 is 13.0. The monoisotopic (exact) mass is 636 g/mol. The van der Waals surface area contributed by atoms with Gasteiger partial charge in [-0.2, -0.15) is 0 Å². The molecule has 0 bridgehead atoms. The number of likely N-dealkylation sites (tertiary alicyclic amines) is 1. The van der Waals surface area contributed by atoms with E-state index in [1.54, 1.807) is 0 Å². The van der Waals surface area contributed by atoms with Crippen molar-refractivity contribution in [3.8, 4) is 0 Å². The lowest BCUT2D eigenvalue weighted by molar-refractivity contribution is -0.253. The average Bonchev–Trinajstić information content (AvgIpc) is 3.05. The van der Waals surface area contributed by atoms with Gasteiger partial charge in [0.2, 0.25) is 5.91 Å². The molecule has 2 aliphatic rings. The van der Waals surface area contributed by atoms with Gasteiger partial charge in [0.15, 0.2) is 6.29 Å². The maximum Gasteiger partial charge on any atom is 0.303 e. The first-order chi connectivity index (χ1) is 21.7. The minimum atomic E-state index is -0.908. The molecule has 1 amide bonds. The lowest BCUT2D eigenvalue weighted by atomic mass is 9.84. The number of carbonyl (C=O) groups excluding carboxylic acids is 1. The Kier molecular flexibility index (Phi) is 11.3. The SMILES string of the molecule is O=C(O)CCCC(=O)NCc1ccc([C@H]2O[C@@H](CN3CCC(O)(c4ccc(Cl)cc4)CC3)C[C@@H](c3ccc(CO)cc3)O2)cc1. The molecule has 0 aromatic heterocycles. The summed E-state index contributed by atoms with van der Waals surface area (Å²) >= 11 is 6.06. The van der Waals surface area contributed by atoms with Crippen molar-refractivity contribution in [2.24, 2.45) is 0 Å². The van der Waals surface area contributed by atoms with Gasteiger partial charge in [0.1, 0.15) is 0 Å². The number of carboxylic acids is 1. The van der Waals surface area contributed by atoms with Crippen LogP contribution in [0.4, 0.5) is 0 Å². The summed E-state index contributed by atoms with van der Waals surface area (Å²) in [6.07, 6.45) is 1.44. The third kappa shape index (κ3) is 9.13. The van der Waals surface area contributed by atoms with Crippen LogP contribution in [-0.4, -0.2) is 57.8 Å². The molecule has 10 heteroatoms. The van der Waals surface area contributed by atoms with E-state index < -0.39 is 17.9 Å². The molecular weight excluding hydrogens is 596 g/mol. The molecule has 240 valence electrons. The van der Waals surface area contributed by atoms with E-state index in [9.17, 15) is 19.8 Å². The van der Waals surface area contributed by atoms with Crippen LogP contribution in [0.3, 0.4) is 0 Å². The number of carboxylic acid groups (broad SMARTS) is 1. The molecule has 4 N–H and O–H groups in total. The first-order valence-electron chi connectivity index (χ1n) is 15.5. The molecule has 45 heavy (non-hydrogen) atoms. The summed E-state index contributed by atoms with van der Waals surface area (Å²) in [5, 5.41) is 33.1. The lowest BCUT2D eigenvalue weighted by Crippen LogP contribution is -2.46. The third-order valence-corrected chi connectivity index (χ3v) is 8.93. The summed E-state index contributed by atoms with van der Waals surface area (Å²) in [4.78, 5) is 25.1. The van der Waals surface area contributed by atoms with E-state index in [-0.39, 0.29) is 37.6 Å². The van der Waals surface area contributed by atoms with E-state index in [1.807, 2.05) is 72.8 Å². The molecule has 0 unspecified atom stereocenters. The van der Waals surface area contributed by atoms with Crippen molar-refractivity contribution < 1.29 is 34.4 Å². The normalized spacial score (nSPS) is 21.7. The van der Waals surface area contributed by atoms with Gasteiger partial charge in [0.25, 0.3) is 0 Å². The first-order valence-corrected chi connectivity index (χ1v) is 15.9. The van der Waals surface area contributed by atoms with Gasteiger partial charge in [-0.1, -0.05) is 72.3 Å². The van der Waals surface area contributed by atoms with Crippen molar-refractivity contribution in [3.05, 3.63) is 106 Å². The highest BCUT2D eigenvalue weighted by molar-refractivity contribution is 6.30. The van der Waals surface area contributed by atoms with Crippen LogP contribution < -0.4 is 5.32 Å². The second kappa shape index (κ2) is 15.3. The molecule has 3 atom stereocenters. The Hall–Kier alpha value is -3.31. The summed E-state index contributed by atoms with van der Waals surface area (Å²) in [6, 6.07) is 23.0. The fourth-order valence-corrected chi connectivity index (χ4v) is 6.08. The van der Waals surface area contributed by atoms with Crippen LogP contribution in [0, 0.1) is 0 Å². The molecular formula is C35H41ClN2O7. The van der Waals surface area contributed by atoms with Gasteiger partial charge in [-0.05, 0) is 53.6 Å². The van der Waals surface area contributed by atoms with Crippen molar-refractivity contribution in [2.45, 2.75) is 75.8 Å². The van der Waals surface area contributed by atoms with Crippen molar-refractivity contribution in [3.63, 3.8) is 0 Å². The zero-order chi connectivity index (χ0) is 31.8. The predicted molar refractivity (Wildman–Crippen MR) is 169 cm³/mol. The van der Waals surface area contributed by atoms with Gasteiger partial charge >= 0.3 is 5.97 Å². The molecule has 9 nitrogen and oxygen atoms in total. The smallest absolute Gasteiger partial charge is 0.303 e. The van der Waals surface area contributed by atoms with Crippen molar-refractivity contribution in [1.82, 2.24) is 10.2 Å². The summed E-state index contributed by atoms with van der Waals surface area (Å²) in [5.41, 5.74) is 3.64. The van der Waals surface area contributed by atoms with Gasteiger partial charge in [0, 0.05) is 56.0 Å². The molecule has 0 spiro atoms. The minimum Gasteiger partial charge on any atom is -0.481 e. The molecule has 0 saturated carbocycles. The predicted octanol–water partition coefficient (Wildman–Crippen LogP) is 5.23. The Morgan fingerprint density at radius 3 is 2.18 bits per heavy atom. The number of hydrogen-bond donors (Lipinski definition) is 4. The van der Waals surface area contributed by atoms with Gasteiger partial charge in [-0.25, -0.2) is 0 Å². The Bertz CT molecular complexity index is 1410. The number of aliphatic carboxylic acids is 1. The quantitative estimate of drug-likeness (QED) is 0.213. The highest BCUT2D eigenvalue weighted by Gasteiger charge is 2.37. The average molecular weight is 637 g/mol. The largest absolute Gasteiger partial charge is 0.481 e. The van der Waals surface area contributed by atoms with Crippen molar-refractivity contribution in [2.75, 3.05) is 19.6 Å². The Morgan fingerprint density at radius 2 is 1.53 bits per heavy atom. The molecule has 2 fully saturated rings. The van der Waals surface area contributed by atoms with Crippen molar-refractivity contribution >= 4 is 23.5 Å². The Labute approximate surface area is 268 Å². The number of aliphatic hydroxyl groups is 2. The van der Waals surface area contributed by atoms with E-state index in [0.29, 0.717) is 43.8 Å². The number of ether oxygens (including phenoxy) is 2. The van der Waals surface area contributed by atoms with Gasteiger partial charge in [-0.15, -0.1) is 0 Å². The highest BCUT2D eigenvalue weighted by atomic mass is 35.5. The molecule has 2 saturated heterocycles. The number of nitrogens with one attached hydrogen (secondary N) is 1. The van der Waals surface area contributed by atoms with Gasteiger partial charge < -0.3 is 35.0 Å². The fraction of sp³-hybridized carbons (Fsp3) is 0.429. The van der Waals surface area contributed by atoms with Gasteiger partial charge in [-0.3, -0.25) is 9.59 Å². The number of aliphatic hydroxyl groups excluding tert-OH is 1. The van der Waals surface area contributed by atoms with Crippen LogP contribution in [0.5, 0.6) is 0 Å². The van der Waals surface area contributed by atoms with Crippen LogP contribution in [0.15, 0.2) is 72.8 Å². The van der Waals surface area contributed by atoms with Crippen LogP contribution in [0.2, 0.25) is 5.02 Å². The zero-order valence-electron chi connectivity index (χ0n) is 25.2. The molecule has 0 aliphatic carbocycles. The number of piperidine rings is 1. The van der Waals surface area contributed by atoms with Gasteiger partial charge in [0.05, 0.1) is 24.4 Å². The van der Waals surface area contributed by atoms with E-state index in [1.165, 1.54) is 0 Å². The number of amides is 1.